The van der Waals surface area contributed by atoms with Crippen LogP contribution in [0.25, 0.3) is 22.2 Å². The van der Waals surface area contributed by atoms with Gasteiger partial charge in [0.2, 0.25) is 0 Å². The van der Waals surface area contributed by atoms with Crippen molar-refractivity contribution in [1.82, 2.24) is 7.76 Å². The summed E-state index contributed by atoms with van der Waals surface area (Å²) in [6, 6.07) is 12.7. The van der Waals surface area contributed by atoms with Gasteiger partial charge in [0, 0.05) is 30.8 Å². The first kappa shape index (κ1) is 17.3. The zero-order valence-electron chi connectivity index (χ0n) is 14.7. The van der Waals surface area contributed by atoms with E-state index in [4.69, 9.17) is 9.72 Å². The van der Waals surface area contributed by atoms with E-state index in [1.165, 1.54) is 0 Å². The van der Waals surface area contributed by atoms with Crippen molar-refractivity contribution in [2.45, 2.75) is 19.4 Å². The molecule has 1 aromatic carbocycles. The molecule has 2 aromatic heterocycles. The van der Waals surface area contributed by atoms with E-state index in [1.54, 1.807) is 0 Å². The summed E-state index contributed by atoms with van der Waals surface area (Å²) in [5.41, 5.74) is 5.74. The first-order valence-corrected chi connectivity index (χ1v) is 9.55. The molecule has 26 heavy (non-hydrogen) atoms. The number of pyridine rings is 1. The van der Waals surface area contributed by atoms with Gasteiger partial charge < -0.3 is 9.64 Å². The quantitative estimate of drug-likeness (QED) is 0.550. The molecule has 1 aliphatic heterocycles. The second-order valence-electron chi connectivity index (χ2n) is 6.60. The molecule has 5 nitrogen and oxygen atoms in total. The molecular formula is C20H19IN4O. The number of aromatic nitrogens is 2. The van der Waals surface area contributed by atoms with Gasteiger partial charge in [-0.25, -0.2) is 0 Å². The lowest BCUT2D eigenvalue weighted by Gasteiger charge is -2.26. The van der Waals surface area contributed by atoms with Crippen LogP contribution in [0.2, 0.25) is 0 Å². The molecular weight excluding hydrogens is 439 g/mol. The van der Waals surface area contributed by atoms with E-state index in [1.807, 2.05) is 27.2 Å². The topological polar surface area (TPSA) is 54.1 Å². The number of ether oxygens (including phenoxy) is 1. The van der Waals surface area contributed by atoms with Crippen molar-refractivity contribution in [1.29, 1.82) is 5.26 Å². The molecule has 0 bridgehead atoms. The third kappa shape index (κ3) is 2.85. The van der Waals surface area contributed by atoms with Crippen molar-refractivity contribution in [3.8, 4) is 17.3 Å². The highest BCUT2D eigenvalue weighted by atomic mass is 127. The van der Waals surface area contributed by atoms with E-state index in [9.17, 15) is 5.26 Å². The Morgan fingerprint density at radius 2 is 2.19 bits per heavy atom. The average Bonchev–Trinajstić information content (AvgIpc) is 3.29. The Kier molecular flexibility index (Phi) is 4.59. The fourth-order valence-electron chi connectivity index (χ4n) is 3.63. The standard InChI is InChI=1S/C20H19IN4O/c1-13-19(24(2)15-8-9-26-12-15)7-6-18(23-13)17-11-25(21)20-14(10-22)4-3-5-16(17)20/h3-7,11,15H,8-9,12H2,1-2H3. The van der Waals surface area contributed by atoms with Crippen LogP contribution in [0.1, 0.15) is 17.7 Å². The van der Waals surface area contributed by atoms with Crippen LogP contribution in [-0.2, 0) is 4.74 Å². The molecule has 0 N–H and O–H groups in total. The third-order valence-electron chi connectivity index (χ3n) is 5.07. The number of aryl methyl sites for hydroxylation is 1. The smallest absolute Gasteiger partial charge is 0.101 e. The minimum atomic E-state index is 0.413. The normalized spacial score (nSPS) is 16.8. The van der Waals surface area contributed by atoms with Gasteiger partial charge in [-0.2, -0.15) is 5.26 Å². The molecule has 1 fully saturated rings. The Balaban J connectivity index is 1.77. The molecule has 1 aliphatic rings. The van der Waals surface area contributed by atoms with Crippen LogP contribution in [0.3, 0.4) is 0 Å². The number of halogens is 1. The molecule has 6 heteroatoms. The van der Waals surface area contributed by atoms with Crippen molar-refractivity contribution < 1.29 is 4.74 Å². The lowest BCUT2D eigenvalue weighted by Crippen LogP contribution is -2.32. The SMILES string of the molecule is Cc1nc(-c2cn(I)c3c(C#N)cccc23)ccc1N(C)C1CCOC1. The zero-order chi connectivity index (χ0) is 18.3. The number of benzene rings is 1. The molecule has 1 saturated heterocycles. The van der Waals surface area contributed by atoms with Crippen LogP contribution in [0.5, 0.6) is 0 Å². The molecule has 0 spiro atoms. The van der Waals surface area contributed by atoms with E-state index in [0.29, 0.717) is 11.6 Å². The van der Waals surface area contributed by atoms with Crippen molar-refractivity contribution >= 4 is 39.5 Å². The molecule has 1 unspecified atom stereocenters. The van der Waals surface area contributed by atoms with Crippen LogP contribution in [0.15, 0.2) is 36.5 Å². The number of para-hydroxylation sites is 1. The summed E-state index contributed by atoms with van der Waals surface area (Å²) in [4.78, 5) is 7.15. The minimum absolute atomic E-state index is 0.413. The van der Waals surface area contributed by atoms with E-state index < -0.39 is 0 Å². The Labute approximate surface area is 166 Å². The monoisotopic (exact) mass is 458 g/mol. The summed E-state index contributed by atoms with van der Waals surface area (Å²) < 4.78 is 7.49. The van der Waals surface area contributed by atoms with Crippen LogP contribution < -0.4 is 4.90 Å². The van der Waals surface area contributed by atoms with Crippen LogP contribution in [-0.4, -0.2) is 34.1 Å². The van der Waals surface area contributed by atoms with Gasteiger partial charge >= 0.3 is 0 Å². The predicted molar refractivity (Wildman–Crippen MR) is 112 cm³/mol. The molecule has 1 atom stereocenters. The van der Waals surface area contributed by atoms with E-state index in [0.717, 1.165) is 53.2 Å². The van der Waals surface area contributed by atoms with Crippen LogP contribution in [0.4, 0.5) is 5.69 Å². The predicted octanol–water partition coefficient (Wildman–Crippen LogP) is 4.31. The molecule has 132 valence electrons. The van der Waals surface area contributed by atoms with Crippen LogP contribution >= 0.6 is 22.9 Å². The van der Waals surface area contributed by atoms with E-state index >= 15 is 0 Å². The largest absolute Gasteiger partial charge is 0.379 e. The number of likely N-dealkylation sites (N-methyl/N-ethyl adjacent to an activating group) is 1. The third-order valence-corrected chi connectivity index (χ3v) is 5.83. The van der Waals surface area contributed by atoms with Gasteiger partial charge in [-0.1, -0.05) is 12.1 Å². The van der Waals surface area contributed by atoms with Crippen molar-refractivity contribution in [3.63, 3.8) is 0 Å². The number of fused-ring (bicyclic) bond motifs is 1. The fourth-order valence-corrected chi connectivity index (χ4v) is 4.43. The Morgan fingerprint density at radius 3 is 2.88 bits per heavy atom. The highest BCUT2D eigenvalue weighted by Gasteiger charge is 2.22. The molecule has 0 amide bonds. The molecule has 0 radical (unpaired) electrons. The second-order valence-corrected chi connectivity index (χ2v) is 7.64. The summed E-state index contributed by atoms with van der Waals surface area (Å²) in [5.74, 6) is 0. The summed E-state index contributed by atoms with van der Waals surface area (Å²) in [5, 5.41) is 10.4. The van der Waals surface area contributed by atoms with Gasteiger partial charge in [-0.15, -0.1) is 0 Å². The maximum absolute atomic E-state index is 9.39. The van der Waals surface area contributed by atoms with Crippen LogP contribution in [0, 0.1) is 18.3 Å². The average molecular weight is 458 g/mol. The highest BCUT2D eigenvalue weighted by molar-refractivity contribution is 14.1. The number of anilines is 1. The molecule has 3 heterocycles. The Hall–Kier alpha value is -2.11. The second kappa shape index (κ2) is 6.89. The van der Waals surface area contributed by atoms with Crippen molar-refractivity contribution in [2.75, 3.05) is 25.2 Å². The zero-order valence-corrected chi connectivity index (χ0v) is 16.9. The van der Waals surface area contributed by atoms with Gasteiger partial charge in [0.1, 0.15) is 6.07 Å². The van der Waals surface area contributed by atoms with E-state index in [-0.39, 0.29) is 0 Å². The summed E-state index contributed by atoms with van der Waals surface area (Å²) >= 11 is 2.22. The summed E-state index contributed by atoms with van der Waals surface area (Å²) in [7, 11) is 2.11. The molecule has 0 aliphatic carbocycles. The molecule has 3 aromatic rings. The number of rotatable bonds is 3. The highest BCUT2D eigenvalue weighted by Crippen LogP contribution is 2.34. The molecule has 0 saturated carbocycles. The van der Waals surface area contributed by atoms with Crippen molar-refractivity contribution in [3.05, 3.63) is 47.8 Å². The number of hydrogen-bond donors (Lipinski definition) is 0. The van der Waals surface area contributed by atoms with Gasteiger partial charge in [-0.3, -0.25) is 7.76 Å². The van der Waals surface area contributed by atoms with Gasteiger partial charge in [0.15, 0.2) is 0 Å². The maximum Gasteiger partial charge on any atom is 0.101 e. The summed E-state index contributed by atoms with van der Waals surface area (Å²) in [6.45, 7) is 3.65. The Morgan fingerprint density at radius 1 is 1.35 bits per heavy atom. The van der Waals surface area contributed by atoms with Gasteiger partial charge in [0.25, 0.3) is 0 Å². The van der Waals surface area contributed by atoms with Gasteiger partial charge in [-0.05, 0) is 31.5 Å². The maximum atomic E-state index is 9.39. The van der Waals surface area contributed by atoms with E-state index in [2.05, 4.69) is 59.9 Å². The fraction of sp³-hybridized carbons (Fsp3) is 0.300. The summed E-state index contributed by atoms with van der Waals surface area (Å²) in [6.07, 6.45) is 3.10. The first-order valence-electron chi connectivity index (χ1n) is 8.59. The van der Waals surface area contributed by atoms with Gasteiger partial charge in [0.05, 0.1) is 63.7 Å². The number of nitrogens with zero attached hydrogens (tertiary/aromatic N) is 4. The Bertz CT molecular complexity index is 1010. The van der Waals surface area contributed by atoms with Crippen molar-refractivity contribution in [2.24, 2.45) is 0 Å². The number of nitriles is 1. The first-order chi connectivity index (χ1) is 12.6. The lowest BCUT2D eigenvalue weighted by atomic mass is 10.1. The molecule has 4 rings (SSSR count). The lowest BCUT2D eigenvalue weighted by molar-refractivity contribution is 0.193. The number of hydrogen-bond acceptors (Lipinski definition) is 4. The minimum Gasteiger partial charge on any atom is -0.379 e.